The van der Waals surface area contributed by atoms with Crippen LogP contribution < -0.4 is 10.3 Å². The van der Waals surface area contributed by atoms with Gasteiger partial charge in [-0.25, -0.2) is 0 Å². The Hall–Kier alpha value is -2.93. The van der Waals surface area contributed by atoms with E-state index in [0.29, 0.717) is 22.9 Å². The molecule has 35 heavy (non-hydrogen) atoms. The molecule has 3 heterocycles. The number of hydrogen-bond acceptors (Lipinski definition) is 5. The van der Waals surface area contributed by atoms with Crippen LogP contribution >= 0.6 is 11.6 Å². The van der Waals surface area contributed by atoms with Crippen molar-refractivity contribution in [3.05, 3.63) is 92.6 Å². The van der Waals surface area contributed by atoms with Crippen LogP contribution in [0.2, 0.25) is 5.02 Å². The number of aryl methyl sites for hydroxylation is 1. The first kappa shape index (κ1) is 23.8. The van der Waals surface area contributed by atoms with Crippen LogP contribution in [0.15, 0.2) is 59.7 Å². The number of ether oxygens (including phenoxy) is 2. The largest absolute Gasteiger partial charge is 0.487 e. The highest BCUT2D eigenvalue weighted by Crippen LogP contribution is 2.28. The van der Waals surface area contributed by atoms with E-state index in [2.05, 4.69) is 48.0 Å². The molecule has 0 N–H and O–H groups in total. The molecular weight excluding hydrogens is 462 g/mol. The quantitative estimate of drug-likeness (QED) is 0.484. The van der Waals surface area contributed by atoms with Gasteiger partial charge in [0, 0.05) is 42.8 Å². The van der Waals surface area contributed by atoms with Crippen molar-refractivity contribution < 1.29 is 9.47 Å². The number of pyridine rings is 2. The van der Waals surface area contributed by atoms with E-state index >= 15 is 0 Å². The number of morpholine rings is 1. The van der Waals surface area contributed by atoms with Gasteiger partial charge in [-0.15, -0.1) is 0 Å². The number of benzene rings is 1. The highest BCUT2D eigenvalue weighted by Gasteiger charge is 2.25. The molecule has 0 bridgehead atoms. The molecule has 0 radical (unpaired) electrons. The van der Waals surface area contributed by atoms with Crippen LogP contribution in [0.25, 0.3) is 11.8 Å². The van der Waals surface area contributed by atoms with Crippen LogP contribution in [0.1, 0.15) is 42.7 Å². The number of fused-ring (bicyclic) bond motifs is 1. The lowest BCUT2D eigenvalue weighted by atomic mass is 9.93. The predicted molar refractivity (Wildman–Crippen MR) is 138 cm³/mol. The Morgan fingerprint density at radius 3 is 2.66 bits per heavy atom. The van der Waals surface area contributed by atoms with E-state index in [1.54, 1.807) is 29.1 Å². The van der Waals surface area contributed by atoms with Gasteiger partial charge in [-0.2, -0.15) is 0 Å². The van der Waals surface area contributed by atoms with Crippen LogP contribution in [0.4, 0.5) is 0 Å². The molecule has 0 amide bonds. The summed E-state index contributed by atoms with van der Waals surface area (Å²) in [6.07, 6.45) is 7.23. The third kappa shape index (κ3) is 5.50. The number of rotatable bonds is 6. The molecule has 1 aliphatic heterocycles. The van der Waals surface area contributed by atoms with Gasteiger partial charge >= 0.3 is 0 Å². The van der Waals surface area contributed by atoms with Gasteiger partial charge in [-0.3, -0.25) is 19.2 Å². The summed E-state index contributed by atoms with van der Waals surface area (Å²) in [6, 6.07) is 14.5. The maximum Gasteiger partial charge on any atom is 0.258 e. The summed E-state index contributed by atoms with van der Waals surface area (Å²) >= 11 is 5.87. The molecule has 0 spiro atoms. The summed E-state index contributed by atoms with van der Waals surface area (Å²) in [7, 11) is 0. The molecule has 2 aliphatic rings. The zero-order valence-electron chi connectivity index (χ0n) is 20.1. The third-order valence-corrected chi connectivity index (χ3v) is 6.99. The van der Waals surface area contributed by atoms with Crippen molar-refractivity contribution in [1.82, 2.24) is 14.5 Å². The standard InChI is InChI=1S/C28H30ClN3O3/c1-19-16-34-17-20(2)32(19)15-21-3-4-23-12-26(8-5-22(23)11-21)31-10-9-27(13-28(31)33)35-18-25-7-6-24(29)14-30-25/h3-4,6-7,9-14,19-20H,5,8,15-18H2,1-2H3/t19-,20-/m0/s1. The number of nitrogens with zero attached hydrogens (tertiary/aromatic N) is 3. The van der Waals surface area contributed by atoms with Gasteiger partial charge in [-0.05, 0) is 67.7 Å². The second-order valence-corrected chi connectivity index (χ2v) is 9.84. The van der Waals surface area contributed by atoms with Crippen LogP contribution in [0.5, 0.6) is 5.75 Å². The summed E-state index contributed by atoms with van der Waals surface area (Å²) in [4.78, 5) is 19.6. The van der Waals surface area contributed by atoms with Crippen molar-refractivity contribution >= 4 is 23.4 Å². The number of halogens is 1. The maximum absolute atomic E-state index is 12.8. The first-order valence-electron chi connectivity index (χ1n) is 12.1. The summed E-state index contributed by atoms with van der Waals surface area (Å²) in [5.41, 5.74) is 5.49. The SMILES string of the molecule is C[C@H]1COC[C@H](C)N1Cc1ccc2c(c1)CCC(n1ccc(OCc3ccc(Cl)cn3)cc1=O)=C2. The molecule has 0 unspecified atom stereocenters. The second-order valence-electron chi connectivity index (χ2n) is 9.40. The van der Waals surface area contributed by atoms with Gasteiger partial charge in [0.2, 0.25) is 0 Å². The highest BCUT2D eigenvalue weighted by molar-refractivity contribution is 6.30. The average molecular weight is 492 g/mol. The molecule has 1 fully saturated rings. The Bertz CT molecular complexity index is 1280. The molecular formula is C28H30ClN3O3. The van der Waals surface area contributed by atoms with Crippen molar-refractivity contribution in [3.8, 4) is 5.75 Å². The normalized spacial score (nSPS) is 20.3. The monoisotopic (exact) mass is 491 g/mol. The number of hydrogen-bond donors (Lipinski definition) is 0. The minimum absolute atomic E-state index is 0.104. The Morgan fingerprint density at radius 2 is 1.91 bits per heavy atom. The molecule has 0 saturated carbocycles. The lowest BCUT2D eigenvalue weighted by Gasteiger charge is -2.38. The minimum atomic E-state index is -0.104. The molecule has 5 rings (SSSR count). The van der Waals surface area contributed by atoms with Crippen LogP contribution in [-0.2, 0) is 24.3 Å². The van der Waals surface area contributed by atoms with Gasteiger partial charge in [0.15, 0.2) is 0 Å². The topological polar surface area (TPSA) is 56.6 Å². The van der Waals surface area contributed by atoms with E-state index in [-0.39, 0.29) is 12.2 Å². The fourth-order valence-corrected chi connectivity index (χ4v) is 4.93. The molecule has 2 aromatic heterocycles. The van der Waals surface area contributed by atoms with E-state index in [9.17, 15) is 4.79 Å². The van der Waals surface area contributed by atoms with Gasteiger partial charge in [0.1, 0.15) is 12.4 Å². The predicted octanol–water partition coefficient (Wildman–Crippen LogP) is 5.03. The summed E-state index contributed by atoms with van der Waals surface area (Å²) in [5, 5.41) is 0.580. The zero-order valence-corrected chi connectivity index (χ0v) is 20.9. The first-order valence-corrected chi connectivity index (χ1v) is 12.5. The lowest BCUT2D eigenvalue weighted by Crippen LogP contribution is -2.48. The average Bonchev–Trinajstić information content (AvgIpc) is 2.86. The maximum atomic E-state index is 12.8. The van der Waals surface area contributed by atoms with E-state index in [4.69, 9.17) is 21.1 Å². The van der Waals surface area contributed by atoms with Crippen molar-refractivity contribution in [3.63, 3.8) is 0 Å². The molecule has 6 nitrogen and oxygen atoms in total. The molecule has 7 heteroatoms. The number of aromatic nitrogens is 2. The van der Waals surface area contributed by atoms with Crippen molar-refractivity contribution in [2.75, 3.05) is 13.2 Å². The van der Waals surface area contributed by atoms with Gasteiger partial charge in [-0.1, -0.05) is 29.8 Å². The van der Waals surface area contributed by atoms with Gasteiger partial charge < -0.3 is 9.47 Å². The van der Waals surface area contributed by atoms with Gasteiger partial charge in [0.05, 0.1) is 23.9 Å². The van der Waals surface area contributed by atoms with Crippen LogP contribution in [0.3, 0.4) is 0 Å². The third-order valence-electron chi connectivity index (χ3n) is 6.77. The zero-order chi connectivity index (χ0) is 24.4. The highest BCUT2D eigenvalue weighted by atomic mass is 35.5. The van der Waals surface area contributed by atoms with E-state index in [0.717, 1.165) is 44.0 Å². The lowest BCUT2D eigenvalue weighted by molar-refractivity contribution is -0.0409. The summed E-state index contributed by atoms with van der Waals surface area (Å²) < 4.78 is 13.1. The molecule has 1 aromatic carbocycles. The molecule has 1 aliphatic carbocycles. The fraction of sp³-hybridized carbons (Fsp3) is 0.357. The second kappa shape index (κ2) is 10.4. The van der Waals surface area contributed by atoms with Crippen LogP contribution in [0, 0.1) is 0 Å². The van der Waals surface area contributed by atoms with E-state index in [1.807, 2.05) is 6.07 Å². The van der Waals surface area contributed by atoms with Crippen molar-refractivity contribution in [2.45, 2.75) is 51.9 Å². The molecule has 2 atom stereocenters. The van der Waals surface area contributed by atoms with Gasteiger partial charge in [0.25, 0.3) is 5.56 Å². The smallest absolute Gasteiger partial charge is 0.258 e. The van der Waals surface area contributed by atoms with Crippen molar-refractivity contribution in [1.29, 1.82) is 0 Å². The molecule has 182 valence electrons. The van der Waals surface area contributed by atoms with Crippen molar-refractivity contribution in [2.24, 2.45) is 0 Å². The van der Waals surface area contributed by atoms with Crippen LogP contribution in [-0.4, -0.2) is 39.7 Å². The Balaban J connectivity index is 1.28. The Morgan fingerprint density at radius 1 is 1.09 bits per heavy atom. The fourth-order valence-electron chi connectivity index (χ4n) is 4.81. The van der Waals surface area contributed by atoms with E-state index in [1.165, 1.54) is 22.8 Å². The number of allylic oxidation sites excluding steroid dienone is 1. The Kier molecular flexibility index (Phi) is 7.04. The summed E-state index contributed by atoms with van der Waals surface area (Å²) in [5.74, 6) is 0.524. The first-order chi connectivity index (χ1) is 17.0. The summed E-state index contributed by atoms with van der Waals surface area (Å²) in [6.45, 7) is 7.25. The molecule has 1 saturated heterocycles. The molecule has 3 aromatic rings. The van der Waals surface area contributed by atoms with E-state index < -0.39 is 0 Å². The minimum Gasteiger partial charge on any atom is -0.487 e. The Labute approximate surface area is 210 Å².